The van der Waals surface area contributed by atoms with Gasteiger partial charge in [-0.3, -0.25) is 4.90 Å². The maximum absolute atomic E-state index is 13.3. The maximum atomic E-state index is 13.3. The Morgan fingerprint density at radius 2 is 1.87 bits per heavy atom. The van der Waals surface area contributed by atoms with Gasteiger partial charge in [-0.05, 0) is 54.7 Å². The first kappa shape index (κ1) is 15.7. The van der Waals surface area contributed by atoms with Gasteiger partial charge in [0, 0.05) is 19.1 Å². The van der Waals surface area contributed by atoms with Gasteiger partial charge in [0.25, 0.3) is 0 Å². The Labute approximate surface area is 135 Å². The van der Waals surface area contributed by atoms with E-state index in [2.05, 4.69) is 4.90 Å². The van der Waals surface area contributed by atoms with E-state index in [1.165, 1.54) is 18.9 Å². The monoisotopic (exact) mass is 313 g/mol. The van der Waals surface area contributed by atoms with Gasteiger partial charge in [-0.1, -0.05) is 24.3 Å². The minimum Gasteiger partial charge on any atom is -0.478 e. The summed E-state index contributed by atoms with van der Waals surface area (Å²) in [7, 11) is 0. The third-order valence-corrected chi connectivity index (χ3v) is 4.20. The molecule has 1 saturated carbocycles. The van der Waals surface area contributed by atoms with Gasteiger partial charge < -0.3 is 5.11 Å². The van der Waals surface area contributed by atoms with Crippen molar-refractivity contribution in [1.82, 2.24) is 4.90 Å². The van der Waals surface area contributed by atoms with E-state index in [1.54, 1.807) is 30.3 Å². The zero-order valence-corrected chi connectivity index (χ0v) is 12.9. The topological polar surface area (TPSA) is 40.5 Å². The molecule has 1 aliphatic rings. The summed E-state index contributed by atoms with van der Waals surface area (Å²) >= 11 is 0. The first-order valence-corrected chi connectivity index (χ1v) is 7.92. The average molecular weight is 313 g/mol. The van der Waals surface area contributed by atoms with Crippen molar-refractivity contribution in [3.63, 3.8) is 0 Å². The molecule has 1 aliphatic carbocycles. The zero-order valence-electron chi connectivity index (χ0n) is 12.9. The number of nitrogens with zero attached hydrogens (tertiary/aromatic N) is 1. The van der Waals surface area contributed by atoms with Gasteiger partial charge in [0.2, 0.25) is 0 Å². The van der Waals surface area contributed by atoms with E-state index in [4.69, 9.17) is 5.11 Å². The fourth-order valence-corrected chi connectivity index (χ4v) is 2.83. The highest BCUT2D eigenvalue weighted by Crippen LogP contribution is 2.28. The van der Waals surface area contributed by atoms with Gasteiger partial charge in [-0.25, -0.2) is 9.18 Å². The van der Waals surface area contributed by atoms with Crippen LogP contribution in [0.4, 0.5) is 4.39 Å². The zero-order chi connectivity index (χ0) is 16.2. The van der Waals surface area contributed by atoms with Crippen molar-refractivity contribution in [2.75, 3.05) is 6.54 Å². The highest BCUT2D eigenvalue weighted by molar-refractivity contribution is 5.87. The lowest BCUT2D eigenvalue weighted by molar-refractivity contribution is 0.0696. The van der Waals surface area contributed by atoms with Crippen molar-refractivity contribution in [2.24, 2.45) is 0 Å². The lowest BCUT2D eigenvalue weighted by Gasteiger charge is -2.22. The summed E-state index contributed by atoms with van der Waals surface area (Å²) in [4.78, 5) is 13.4. The number of carboxylic acids is 1. The van der Waals surface area contributed by atoms with Gasteiger partial charge in [0.15, 0.2) is 0 Å². The summed E-state index contributed by atoms with van der Waals surface area (Å²) in [6, 6.07) is 14.4. The van der Waals surface area contributed by atoms with E-state index in [0.29, 0.717) is 11.6 Å². The Kier molecular flexibility index (Phi) is 4.72. The van der Waals surface area contributed by atoms with E-state index >= 15 is 0 Å². The quantitative estimate of drug-likeness (QED) is 0.846. The Balaban J connectivity index is 1.65. The predicted octanol–water partition coefficient (Wildman–Crippen LogP) is 3.73. The number of carbonyl (C=O) groups is 1. The van der Waals surface area contributed by atoms with Crippen molar-refractivity contribution in [2.45, 2.75) is 31.8 Å². The smallest absolute Gasteiger partial charge is 0.335 e. The Hall–Kier alpha value is -2.20. The molecule has 0 aromatic heterocycles. The lowest BCUT2D eigenvalue weighted by Crippen LogP contribution is -2.28. The van der Waals surface area contributed by atoms with Crippen LogP contribution >= 0.6 is 0 Å². The molecular formula is C19H20FNO2. The summed E-state index contributed by atoms with van der Waals surface area (Å²) in [5, 5.41) is 9.09. The maximum Gasteiger partial charge on any atom is 0.335 e. The van der Waals surface area contributed by atoms with Crippen molar-refractivity contribution in [1.29, 1.82) is 0 Å². The molecule has 0 aliphatic heterocycles. The van der Waals surface area contributed by atoms with Crippen molar-refractivity contribution in [3.05, 3.63) is 71.0 Å². The molecule has 0 bridgehead atoms. The van der Waals surface area contributed by atoms with Gasteiger partial charge in [0.05, 0.1) is 5.56 Å². The SMILES string of the molecule is O=C(O)c1cccc(CN(CCc2cccc(F)c2)C2CC2)c1. The standard InChI is InChI=1S/C19H20FNO2/c20-17-6-2-3-14(12-17)9-10-21(18-7-8-18)13-15-4-1-5-16(11-15)19(22)23/h1-6,11-12,18H,7-10,13H2,(H,22,23). The molecule has 0 heterocycles. The summed E-state index contributed by atoms with van der Waals surface area (Å²) in [6.45, 7) is 1.59. The molecule has 0 radical (unpaired) electrons. The third-order valence-electron chi connectivity index (χ3n) is 4.20. The second-order valence-corrected chi connectivity index (χ2v) is 6.09. The highest BCUT2D eigenvalue weighted by atomic mass is 19.1. The van der Waals surface area contributed by atoms with Gasteiger partial charge in [-0.15, -0.1) is 0 Å². The first-order valence-electron chi connectivity index (χ1n) is 7.92. The van der Waals surface area contributed by atoms with E-state index in [0.717, 1.165) is 30.6 Å². The molecule has 2 aromatic carbocycles. The van der Waals surface area contributed by atoms with Gasteiger partial charge >= 0.3 is 5.97 Å². The van der Waals surface area contributed by atoms with Crippen molar-refractivity contribution >= 4 is 5.97 Å². The van der Waals surface area contributed by atoms with Crippen LogP contribution in [0.1, 0.15) is 34.3 Å². The van der Waals surface area contributed by atoms with Crippen LogP contribution in [-0.2, 0) is 13.0 Å². The highest BCUT2D eigenvalue weighted by Gasteiger charge is 2.28. The molecule has 0 spiro atoms. The normalized spacial score (nSPS) is 14.2. The molecule has 120 valence electrons. The minimum absolute atomic E-state index is 0.199. The van der Waals surface area contributed by atoms with E-state index in [-0.39, 0.29) is 5.82 Å². The predicted molar refractivity (Wildman–Crippen MR) is 86.9 cm³/mol. The lowest BCUT2D eigenvalue weighted by atomic mass is 10.1. The molecular weight excluding hydrogens is 293 g/mol. The number of benzene rings is 2. The summed E-state index contributed by atoms with van der Waals surface area (Å²) in [5.41, 5.74) is 2.33. The van der Waals surface area contributed by atoms with Crippen LogP contribution in [0.15, 0.2) is 48.5 Å². The van der Waals surface area contributed by atoms with Crippen LogP contribution in [-0.4, -0.2) is 28.6 Å². The molecule has 0 saturated heterocycles. The molecule has 23 heavy (non-hydrogen) atoms. The number of hydrogen-bond acceptors (Lipinski definition) is 2. The van der Waals surface area contributed by atoms with E-state index in [9.17, 15) is 9.18 Å². The van der Waals surface area contributed by atoms with Crippen LogP contribution in [0, 0.1) is 5.82 Å². The molecule has 2 aromatic rings. The second kappa shape index (κ2) is 6.92. The Morgan fingerprint density at radius 1 is 1.13 bits per heavy atom. The summed E-state index contributed by atoms with van der Waals surface area (Å²) in [6.07, 6.45) is 3.16. The number of rotatable bonds is 7. The van der Waals surface area contributed by atoms with Crippen LogP contribution in [0.2, 0.25) is 0 Å². The number of aromatic carboxylic acids is 1. The average Bonchev–Trinajstić information content (AvgIpc) is 3.36. The summed E-state index contributed by atoms with van der Waals surface area (Å²) in [5.74, 6) is -1.10. The summed E-state index contributed by atoms with van der Waals surface area (Å²) < 4.78 is 13.3. The molecule has 4 heteroatoms. The van der Waals surface area contributed by atoms with Crippen molar-refractivity contribution < 1.29 is 14.3 Å². The molecule has 3 rings (SSSR count). The van der Waals surface area contributed by atoms with E-state index < -0.39 is 5.97 Å². The Morgan fingerprint density at radius 3 is 2.57 bits per heavy atom. The molecule has 1 fully saturated rings. The van der Waals surface area contributed by atoms with Crippen LogP contribution < -0.4 is 0 Å². The van der Waals surface area contributed by atoms with Crippen LogP contribution in [0.25, 0.3) is 0 Å². The first-order chi connectivity index (χ1) is 11.1. The fraction of sp³-hybridized carbons (Fsp3) is 0.316. The third kappa shape index (κ3) is 4.39. The minimum atomic E-state index is -0.899. The molecule has 0 amide bonds. The number of carboxylic acid groups (broad SMARTS) is 1. The van der Waals surface area contributed by atoms with Crippen LogP contribution in [0.5, 0.6) is 0 Å². The molecule has 0 unspecified atom stereocenters. The van der Waals surface area contributed by atoms with Gasteiger partial charge in [0.1, 0.15) is 5.82 Å². The van der Waals surface area contributed by atoms with E-state index in [1.807, 2.05) is 12.1 Å². The van der Waals surface area contributed by atoms with Gasteiger partial charge in [-0.2, -0.15) is 0 Å². The Bertz CT molecular complexity index is 697. The fourth-order valence-electron chi connectivity index (χ4n) is 2.83. The largest absolute Gasteiger partial charge is 0.478 e. The second-order valence-electron chi connectivity index (χ2n) is 6.09. The number of halogens is 1. The number of hydrogen-bond donors (Lipinski definition) is 1. The molecule has 1 N–H and O–H groups in total. The molecule has 3 nitrogen and oxygen atoms in total. The van der Waals surface area contributed by atoms with Crippen LogP contribution in [0.3, 0.4) is 0 Å². The molecule has 0 atom stereocenters. The van der Waals surface area contributed by atoms with Crippen molar-refractivity contribution in [3.8, 4) is 0 Å².